The minimum Gasteiger partial charge on any atom is -0.383 e. The maximum absolute atomic E-state index is 5.75. The molecule has 0 saturated heterocycles. The topological polar surface area (TPSA) is 38.9 Å². The SMILES string of the molecule is CCC(C)c1cc(C)cnc1N. The number of rotatable bonds is 2. The second kappa shape index (κ2) is 3.57. The van der Waals surface area contributed by atoms with Gasteiger partial charge in [-0.15, -0.1) is 0 Å². The Morgan fingerprint density at radius 1 is 1.58 bits per heavy atom. The summed E-state index contributed by atoms with van der Waals surface area (Å²) in [5.74, 6) is 1.19. The van der Waals surface area contributed by atoms with Crippen molar-refractivity contribution in [2.24, 2.45) is 0 Å². The maximum Gasteiger partial charge on any atom is 0.126 e. The summed E-state index contributed by atoms with van der Waals surface area (Å²) >= 11 is 0. The van der Waals surface area contributed by atoms with E-state index in [1.54, 1.807) is 6.20 Å². The molecule has 12 heavy (non-hydrogen) atoms. The lowest BCUT2D eigenvalue weighted by molar-refractivity contribution is 0.731. The van der Waals surface area contributed by atoms with Crippen LogP contribution in [-0.4, -0.2) is 4.98 Å². The highest BCUT2D eigenvalue weighted by Crippen LogP contribution is 2.23. The van der Waals surface area contributed by atoms with E-state index in [1.165, 1.54) is 11.1 Å². The van der Waals surface area contributed by atoms with Crippen LogP contribution in [0.4, 0.5) is 5.82 Å². The second-order valence-corrected chi connectivity index (χ2v) is 3.30. The summed E-state index contributed by atoms with van der Waals surface area (Å²) in [6.45, 7) is 6.37. The highest BCUT2D eigenvalue weighted by atomic mass is 14.8. The summed E-state index contributed by atoms with van der Waals surface area (Å²) in [6.07, 6.45) is 2.91. The first-order valence-electron chi connectivity index (χ1n) is 4.37. The molecule has 0 aliphatic rings. The molecule has 1 atom stereocenters. The van der Waals surface area contributed by atoms with Crippen LogP contribution in [0, 0.1) is 6.92 Å². The fourth-order valence-electron chi connectivity index (χ4n) is 1.22. The summed E-state index contributed by atoms with van der Waals surface area (Å²) < 4.78 is 0. The van der Waals surface area contributed by atoms with E-state index in [0.717, 1.165) is 6.42 Å². The first kappa shape index (κ1) is 9.04. The number of nitrogens with zero attached hydrogens (tertiary/aromatic N) is 1. The van der Waals surface area contributed by atoms with Gasteiger partial charge in [0.2, 0.25) is 0 Å². The zero-order valence-electron chi connectivity index (χ0n) is 7.96. The number of anilines is 1. The van der Waals surface area contributed by atoms with Crippen molar-refractivity contribution in [1.29, 1.82) is 0 Å². The zero-order chi connectivity index (χ0) is 9.14. The fourth-order valence-corrected chi connectivity index (χ4v) is 1.22. The van der Waals surface area contributed by atoms with Crippen molar-refractivity contribution in [3.8, 4) is 0 Å². The van der Waals surface area contributed by atoms with Crippen molar-refractivity contribution in [3.05, 3.63) is 23.4 Å². The molecule has 0 amide bonds. The largest absolute Gasteiger partial charge is 0.383 e. The second-order valence-electron chi connectivity index (χ2n) is 3.30. The number of nitrogen functional groups attached to an aromatic ring is 1. The zero-order valence-corrected chi connectivity index (χ0v) is 7.96. The minimum atomic E-state index is 0.511. The van der Waals surface area contributed by atoms with E-state index in [2.05, 4.69) is 24.9 Å². The predicted molar refractivity (Wildman–Crippen MR) is 52.1 cm³/mol. The monoisotopic (exact) mass is 164 g/mol. The van der Waals surface area contributed by atoms with Gasteiger partial charge < -0.3 is 5.73 Å². The van der Waals surface area contributed by atoms with Crippen LogP contribution in [0.15, 0.2) is 12.3 Å². The van der Waals surface area contributed by atoms with Crippen LogP contribution in [0.25, 0.3) is 0 Å². The maximum atomic E-state index is 5.75. The lowest BCUT2D eigenvalue weighted by Gasteiger charge is -2.11. The first-order chi connectivity index (χ1) is 5.65. The highest BCUT2D eigenvalue weighted by molar-refractivity contribution is 5.42. The summed E-state index contributed by atoms with van der Waals surface area (Å²) in [6, 6.07) is 2.12. The third kappa shape index (κ3) is 1.76. The molecule has 1 unspecified atom stereocenters. The van der Waals surface area contributed by atoms with E-state index in [1.807, 2.05) is 6.92 Å². The van der Waals surface area contributed by atoms with Gasteiger partial charge in [-0.1, -0.05) is 19.9 Å². The van der Waals surface area contributed by atoms with Crippen molar-refractivity contribution in [2.75, 3.05) is 5.73 Å². The van der Waals surface area contributed by atoms with Gasteiger partial charge in [-0.2, -0.15) is 0 Å². The van der Waals surface area contributed by atoms with Crippen LogP contribution in [0.3, 0.4) is 0 Å². The molecule has 0 spiro atoms. The van der Waals surface area contributed by atoms with E-state index in [0.29, 0.717) is 11.7 Å². The normalized spacial score (nSPS) is 12.9. The standard InChI is InChI=1S/C10H16N2/c1-4-8(3)9-5-7(2)6-12-10(9)11/h5-6,8H,4H2,1-3H3,(H2,11,12). The van der Waals surface area contributed by atoms with Crippen LogP contribution in [0.1, 0.15) is 37.3 Å². The minimum absolute atomic E-state index is 0.511. The van der Waals surface area contributed by atoms with Gasteiger partial charge in [0.05, 0.1) is 0 Å². The molecule has 0 bridgehead atoms. The molecule has 0 aromatic carbocycles. The molecule has 2 N–H and O–H groups in total. The first-order valence-corrected chi connectivity index (χ1v) is 4.37. The highest BCUT2D eigenvalue weighted by Gasteiger charge is 2.07. The van der Waals surface area contributed by atoms with Gasteiger partial charge in [-0.25, -0.2) is 4.98 Å². The van der Waals surface area contributed by atoms with Crippen LogP contribution >= 0.6 is 0 Å². The molecule has 2 nitrogen and oxygen atoms in total. The Bertz CT molecular complexity index is 269. The quantitative estimate of drug-likeness (QED) is 0.729. The van der Waals surface area contributed by atoms with Gasteiger partial charge in [-0.05, 0) is 30.4 Å². The Morgan fingerprint density at radius 3 is 2.83 bits per heavy atom. The average Bonchev–Trinajstić information content (AvgIpc) is 2.08. The van der Waals surface area contributed by atoms with E-state index >= 15 is 0 Å². The molecule has 2 heteroatoms. The van der Waals surface area contributed by atoms with E-state index in [-0.39, 0.29) is 0 Å². The summed E-state index contributed by atoms with van der Waals surface area (Å²) in [5, 5.41) is 0. The molecular weight excluding hydrogens is 148 g/mol. The number of hydrogen-bond acceptors (Lipinski definition) is 2. The molecule has 66 valence electrons. The molecule has 1 rings (SSSR count). The van der Waals surface area contributed by atoms with E-state index in [9.17, 15) is 0 Å². The number of aromatic nitrogens is 1. The van der Waals surface area contributed by atoms with Crippen molar-refractivity contribution in [1.82, 2.24) is 4.98 Å². The van der Waals surface area contributed by atoms with Crippen molar-refractivity contribution in [3.63, 3.8) is 0 Å². The van der Waals surface area contributed by atoms with Gasteiger partial charge in [-0.3, -0.25) is 0 Å². The Kier molecular flexibility index (Phi) is 2.69. The van der Waals surface area contributed by atoms with E-state index in [4.69, 9.17) is 5.73 Å². The smallest absolute Gasteiger partial charge is 0.126 e. The molecule has 0 aliphatic heterocycles. The van der Waals surface area contributed by atoms with Crippen molar-refractivity contribution < 1.29 is 0 Å². The van der Waals surface area contributed by atoms with Crippen LogP contribution < -0.4 is 5.73 Å². The molecule has 0 fully saturated rings. The average molecular weight is 164 g/mol. The lowest BCUT2D eigenvalue weighted by atomic mass is 9.98. The molecular formula is C10H16N2. The summed E-state index contributed by atoms with van der Waals surface area (Å²) in [7, 11) is 0. The Morgan fingerprint density at radius 2 is 2.25 bits per heavy atom. The number of aryl methyl sites for hydroxylation is 1. The van der Waals surface area contributed by atoms with Crippen molar-refractivity contribution in [2.45, 2.75) is 33.1 Å². The van der Waals surface area contributed by atoms with Crippen LogP contribution in [0.2, 0.25) is 0 Å². The predicted octanol–water partition coefficient (Wildman–Crippen LogP) is 2.49. The molecule has 0 radical (unpaired) electrons. The Labute approximate surface area is 73.8 Å². The van der Waals surface area contributed by atoms with E-state index < -0.39 is 0 Å². The summed E-state index contributed by atoms with van der Waals surface area (Å²) in [5.41, 5.74) is 8.11. The number of pyridine rings is 1. The Balaban J connectivity index is 3.04. The number of hydrogen-bond donors (Lipinski definition) is 1. The van der Waals surface area contributed by atoms with Gasteiger partial charge in [0, 0.05) is 6.20 Å². The van der Waals surface area contributed by atoms with Crippen LogP contribution in [-0.2, 0) is 0 Å². The molecule has 0 aliphatic carbocycles. The Hall–Kier alpha value is -1.05. The van der Waals surface area contributed by atoms with Gasteiger partial charge >= 0.3 is 0 Å². The molecule has 1 aromatic rings. The third-order valence-electron chi connectivity index (χ3n) is 2.23. The molecule has 0 saturated carbocycles. The third-order valence-corrected chi connectivity index (χ3v) is 2.23. The van der Waals surface area contributed by atoms with Crippen molar-refractivity contribution >= 4 is 5.82 Å². The molecule has 1 aromatic heterocycles. The van der Waals surface area contributed by atoms with Crippen LogP contribution in [0.5, 0.6) is 0 Å². The number of nitrogens with two attached hydrogens (primary N) is 1. The van der Waals surface area contributed by atoms with Gasteiger partial charge in [0.15, 0.2) is 0 Å². The lowest BCUT2D eigenvalue weighted by Crippen LogP contribution is -2.01. The van der Waals surface area contributed by atoms with Gasteiger partial charge in [0.25, 0.3) is 0 Å². The summed E-state index contributed by atoms with van der Waals surface area (Å²) in [4.78, 5) is 4.13. The van der Waals surface area contributed by atoms with Gasteiger partial charge in [0.1, 0.15) is 5.82 Å². The fraction of sp³-hybridized carbons (Fsp3) is 0.500. The molecule has 1 heterocycles.